The standard InChI is InChI=1S/C25H23FN4O2/c26-18-8-10-19(11-9-18)28-13-15-29(16-14-28)23(31)17-22-24-21(7-4-12-27-24)25(32)30(22)20-5-2-1-3-6-20/h1-12,22H,13-17H2. The highest BCUT2D eigenvalue weighted by molar-refractivity contribution is 6.11. The molecule has 1 aromatic heterocycles. The number of benzene rings is 2. The summed E-state index contributed by atoms with van der Waals surface area (Å²) < 4.78 is 13.2. The monoisotopic (exact) mass is 430 g/mol. The second-order valence-corrected chi connectivity index (χ2v) is 8.01. The summed E-state index contributed by atoms with van der Waals surface area (Å²) in [5.41, 5.74) is 2.91. The Morgan fingerprint density at radius 3 is 2.34 bits per heavy atom. The molecule has 1 atom stereocenters. The molecule has 2 aliphatic heterocycles. The molecule has 0 bridgehead atoms. The third-order valence-electron chi connectivity index (χ3n) is 6.14. The van der Waals surface area contributed by atoms with Crippen LogP contribution >= 0.6 is 0 Å². The van der Waals surface area contributed by atoms with Crippen molar-refractivity contribution < 1.29 is 14.0 Å². The Morgan fingerprint density at radius 2 is 1.62 bits per heavy atom. The second-order valence-electron chi connectivity index (χ2n) is 8.01. The van der Waals surface area contributed by atoms with Crippen LogP contribution in [0.5, 0.6) is 0 Å². The molecule has 6 nitrogen and oxygen atoms in total. The first kappa shape index (κ1) is 20.2. The van der Waals surface area contributed by atoms with Gasteiger partial charge in [0.25, 0.3) is 5.91 Å². The van der Waals surface area contributed by atoms with Crippen LogP contribution in [0.1, 0.15) is 28.5 Å². The topological polar surface area (TPSA) is 56.8 Å². The molecule has 5 rings (SSSR count). The quantitative estimate of drug-likeness (QED) is 0.634. The maximum atomic E-state index is 13.2. The van der Waals surface area contributed by atoms with Crippen molar-refractivity contribution in [3.8, 4) is 0 Å². The maximum absolute atomic E-state index is 13.2. The molecule has 1 fully saturated rings. The second kappa shape index (κ2) is 8.42. The van der Waals surface area contributed by atoms with Crippen molar-refractivity contribution in [3.05, 3.63) is 90.0 Å². The molecule has 0 radical (unpaired) electrons. The van der Waals surface area contributed by atoms with Crippen molar-refractivity contribution in [3.63, 3.8) is 0 Å². The minimum absolute atomic E-state index is 0.000917. The van der Waals surface area contributed by atoms with Crippen molar-refractivity contribution in [1.29, 1.82) is 0 Å². The highest BCUT2D eigenvalue weighted by Crippen LogP contribution is 2.38. The molecule has 0 N–H and O–H groups in total. The van der Waals surface area contributed by atoms with Gasteiger partial charge in [0.1, 0.15) is 5.82 Å². The highest BCUT2D eigenvalue weighted by Gasteiger charge is 2.40. The molecule has 0 saturated carbocycles. The molecule has 3 aromatic rings. The van der Waals surface area contributed by atoms with E-state index in [1.54, 1.807) is 35.4 Å². The van der Waals surface area contributed by atoms with Gasteiger partial charge in [0, 0.05) is 43.8 Å². The number of nitrogens with zero attached hydrogens (tertiary/aromatic N) is 4. The minimum atomic E-state index is -0.427. The number of rotatable bonds is 4. The van der Waals surface area contributed by atoms with Gasteiger partial charge in [-0.1, -0.05) is 18.2 Å². The summed E-state index contributed by atoms with van der Waals surface area (Å²) in [6, 6.07) is 18.9. The molecule has 0 spiro atoms. The number of carbonyl (C=O) groups excluding carboxylic acids is 2. The third kappa shape index (κ3) is 3.70. The molecule has 1 saturated heterocycles. The largest absolute Gasteiger partial charge is 0.368 e. The van der Waals surface area contributed by atoms with Gasteiger partial charge in [-0.15, -0.1) is 0 Å². The first-order chi connectivity index (χ1) is 15.6. The lowest BCUT2D eigenvalue weighted by Crippen LogP contribution is -2.49. The molecular weight excluding hydrogens is 407 g/mol. The van der Waals surface area contributed by atoms with Crippen LogP contribution in [-0.2, 0) is 4.79 Å². The van der Waals surface area contributed by atoms with E-state index in [2.05, 4.69) is 9.88 Å². The van der Waals surface area contributed by atoms with Crippen LogP contribution in [0, 0.1) is 5.82 Å². The lowest BCUT2D eigenvalue weighted by atomic mass is 10.1. The van der Waals surface area contributed by atoms with Gasteiger partial charge < -0.3 is 9.80 Å². The SMILES string of the molecule is O=C(CC1c2ncccc2C(=O)N1c1ccccc1)N1CCN(c2ccc(F)cc2)CC1. The van der Waals surface area contributed by atoms with Crippen LogP contribution in [-0.4, -0.2) is 47.9 Å². The van der Waals surface area contributed by atoms with Gasteiger partial charge >= 0.3 is 0 Å². The number of halogens is 1. The van der Waals surface area contributed by atoms with Crippen LogP contribution in [0.2, 0.25) is 0 Å². The Labute approximate surface area is 185 Å². The van der Waals surface area contributed by atoms with Gasteiger partial charge in [-0.3, -0.25) is 19.5 Å². The summed E-state index contributed by atoms with van der Waals surface area (Å²) in [5.74, 6) is -0.384. The number of hydrogen-bond donors (Lipinski definition) is 0. The number of piperazine rings is 1. The van der Waals surface area contributed by atoms with Crippen LogP contribution in [0.25, 0.3) is 0 Å². The number of anilines is 2. The lowest BCUT2D eigenvalue weighted by Gasteiger charge is -2.37. The van der Waals surface area contributed by atoms with Crippen molar-refractivity contribution in [2.75, 3.05) is 36.0 Å². The molecular formula is C25H23FN4O2. The van der Waals surface area contributed by atoms with E-state index in [9.17, 15) is 14.0 Å². The van der Waals surface area contributed by atoms with E-state index in [1.165, 1.54) is 12.1 Å². The average Bonchev–Trinajstić information content (AvgIpc) is 3.12. The predicted molar refractivity (Wildman–Crippen MR) is 120 cm³/mol. The van der Waals surface area contributed by atoms with Crippen LogP contribution in [0.4, 0.5) is 15.8 Å². The van der Waals surface area contributed by atoms with E-state index in [0.29, 0.717) is 37.4 Å². The number of carbonyl (C=O) groups is 2. The summed E-state index contributed by atoms with van der Waals surface area (Å²) in [7, 11) is 0. The number of amides is 2. The number of fused-ring (bicyclic) bond motifs is 1. The first-order valence-corrected chi connectivity index (χ1v) is 10.7. The summed E-state index contributed by atoms with van der Waals surface area (Å²) in [4.78, 5) is 36.5. The molecule has 2 aliphatic rings. The molecule has 0 aliphatic carbocycles. The van der Waals surface area contributed by atoms with Gasteiger partial charge in [0.2, 0.25) is 5.91 Å². The lowest BCUT2D eigenvalue weighted by molar-refractivity contribution is -0.131. The molecule has 2 aromatic carbocycles. The van der Waals surface area contributed by atoms with E-state index in [-0.39, 0.29) is 24.1 Å². The minimum Gasteiger partial charge on any atom is -0.368 e. The Bertz CT molecular complexity index is 1130. The highest BCUT2D eigenvalue weighted by atomic mass is 19.1. The predicted octanol–water partition coefficient (Wildman–Crippen LogP) is 3.66. The summed E-state index contributed by atoms with van der Waals surface area (Å²) >= 11 is 0. The molecule has 3 heterocycles. The van der Waals surface area contributed by atoms with Crippen LogP contribution in [0.15, 0.2) is 72.9 Å². The molecule has 32 heavy (non-hydrogen) atoms. The summed E-state index contributed by atoms with van der Waals surface area (Å²) in [6.45, 7) is 2.52. The van der Waals surface area contributed by atoms with Crippen molar-refractivity contribution in [2.45, 2.75) is 12.5 Å². The zero-order chi connectivity index (χ0) is 22.1. The Balaban J connectivity index is 1.31. The fourth-order valence-corrected chi connectivity index (χ4v) is 4.49. The smallest absolute Gasteiger partial charge is 0.260 e. The molecule has 2 amide bonds. The zero-order valence-electron chi connectivity index (χ0n) is 17.5. The van der Waals surface area contributed by atoms with E-state index in [1.807, 2.05) is 35.2 Å². The number of para-hydroxylation sites is 1. The van der Waals surface area contributed by atoms with Crippen molar-refractivity contribution in [2.24, 2.45) is 0 Å². The van der Waals surface area contributed by atoms with Crippen LogP contribution in [0.3, 0.4) is 0 Å². The van der Waals surface area contributed by atoms with E-state index in [0.717, 1.165) is 11.4 Å². The Morgan fingerprint density at radius 1 is 0.906 bits per heavy atom. The Kier molecular flexibility index (Phi) is 5.31. The first-order valence-electron chi connectivity index (χ1n) is 10.7. The number of pyridine rings is 1. The van der Waals surface area contributed by atoms with Gasteiger partial charge in [0.05, 0.1) is 23.7 Å². The normalized spacial score (nSPS) is 18.1. The average molecular weight is 430 g/mol. The fourth-order valence-electron chi connectivity index (χ4n) is 4.49. The van der Waals surface area contributed by atoms with Crippen LogP contribution < -0.4 is 9.80 Å². The van der Waals surface area contributed by atoms with Gasteiger partial charge in [-0.2, -0.15) is 0 Å². The zero-order valence-corrected chi connectivity index (χ0v) is 17.5. The third-order valence-corrected chi connectivity index (χ3v) is 6.14. The number of aromatic nitrogens is 1. The van der Waals surface area contributed by atoms with Gasteiger partial charge in [-0.25, -0.2) is 4.39 Å². The van der Waals surface area contributed by atoms with Gasteiger partial charge in [0.15, 0.2) is 0 Å². The van der Waals surface area contributed by atoms with Crippen molar-refractivity contribution in [1.82, 2.24) is 9.88 Å². The van der Waals surface area contributed by atoms with E-state index >= 15 is 0 Å². The number of hydrogen-bond acceptors (Lipinski definition) is 4. The van der Waals surface area contributed by atoms with E-state index < -0.39 is 6.04 Å². The van der Waals surface area contributed by atoms with Gasteiger partial charge in [-0.05, 0) is 48.5 Å². The fraction of sp³-hybridized carbons (Fsp3) is 0.240. The summed E-state index contributed by atoms with van der Waals surface area (Å²) in [6.07, 6.45) is 1.85. The van der Waals surface area contributed by atoms with E-state index in [4.69, 9.17) is 0 Å². The molecule has 162 valence electrons. The molecule has 7 heteroatoms. The summed E-state index contributed by atoms with van der Waals surface area (Å²) in [5, 5.41) is 0. The van der Waals surface area contributed by atoms with Crippen molar-refractivity contribution >= 4 is 23.2 Å². The molecule has 1 unspecified atom stereocenters. The maximum Gasteiger partial charge on any atom is 0.260 e. The Hall–Kier alpha value is -3.74.